The number of carbonyl (C=O) groups excluding carboxylic acids is 1. The summed E-state index contributed by atoms with van der Waals surface area (Å²) in [4.78, 5) is 22.2. The Morgan fingerprint density at radius 2 is 2.12 bits per heavy atom. The van der Waals surface area contributed by atoms with Crippen molar-refractivity contribution in [2.75, 3.05) is 20.2 Å². The number of methoxy groups -OCH3 is 1. The van der Waals surface area contributed by atoms with Crippen LogP contribution >= 0.6 is 0 Å². The molecule has 0 unspecified atom stereocenters. The van der Waals surface area contributed by atoms with Gasteiger partial charge in [-0.05, 0) is 42.2 Å². The lowest BCUT2D eigenvalue weighted by Crippen LogP contribution is -2.39. The zero-order valence-corrected chi connectivity index (χ0v) is 15.8. The molecule has 6 nitrogen and oxygen atoms in total. The first-order valence-electron chi connectivity index (χ1n) is 9.14. The average Bonchev–Trinajstić information content (AvgIpc) is 2.66. The first-order valence-corrected chi connectivity index (χ1v) is 9.14. The summed E-state index contributed by atoms with van der Waals surface area (Å²) in [7, 11) is 1.51. The fraction of sp³-hybridized carbons (Fsp3) is 0.550. The Morgan fingerprint density at radius 1 is 1.35 bits per heavy atom. The summed E-state index contributed by atoms with van der Waals surface area (Å²) in [6.07, 6.45) is 11.3. The number of hydrogen-bond acceptors (Lipinski definition) is 5. The fourth-order valence-corrected chi connectivity index (χ4v) is 3.32. The molecule has 1 aromatic heterocycles. The Balaban J connectivity index is 1.46. The van der Waals surface area contributed by atoms with Crippen LogP contribution in [-0.4, -0.2) is 41.2 Å². The molecule has 2 aliphatic rings. The second-order valence-corrected chi connectivity index (χ2v) is 7.58. The molecule has 0 N–H and O–H groups in total. The van der Waals surface area contributed by atoms with E-state index in [1.165, 1.54) is 12.7 Å². The topological polar surface area (TPSA) is 64.6 Å². The number of rotatable bonds is 4. The minimum absolute atomic E-state index is 0.126. The molecule has 1 saturated heterocycles. The molecule has 2 heterocycles. The number of aromatic nitrogens is 2. The standard InChI is InChI=1S/C20H27N3O3/c1-20(2)9-4-15(5-10-20)16-7-12-23(13-8-16)19(24)26-14-17-6-11-21-18(22-17)25-3/h4-6,9,11,16H,7-8,10,12-14H2,1-3H3. The van der Waals surface area contributed by atoms with Crippen molar-refractivity contribution < 1.29 is 14.3 Å². The maximum atomic E-state index is 12.3. The smallest absolute Gasteiger partial charge is 0.410 e. The number of likely N-dealkylation sites (tertiary alicyclic amines) is 1. The Kier molecular flexibility index (Phi) is 5.59. The average molecular weight is 357 g/mol. The van der Waals surface area contributed by atoms with Crippen molar-refractivity contribution in [2.45, 2.75) is 39.7 Å². The number of nitrogens with zero attached hydrogens (tertiary/aromatic N) is 3. The monoisotopic (exact) mass is 357 g/mol. The predicted octanol–water partition coefficient (Wildman–Crippen LogP) is 3.75. The number of carbonyl (C=O) groups is 1. The molecule has 0 bridgehead atoms. The van der Waals surface area contributed by atoms with E-state index in [0.29, 0.717) is 11.6 Å². The van der Waals surface area contributed by atoms with E-state index >= 15 is 0 Å². The Labute approximate surface area is 154 Å². The molecule has 140 valence electrons. The minimum atomic E-state index is -0.282. The molecule has 1 aliphatic heterocycles. The highest BCUT2D eigenvalue weighted by Gasteiger charge is 2.27. The normalized spacial score (nSPS) is 19.8. The second kappa shape index (κ2) is 7.89. The fourth-order valence-electron chi connectivity index (χ4n) is 3.32. The number of ether oxygens (including phenoxy) is 2. The molecule has 0 radical (unpaired) electrons. The van der Waals surface area contributed by atoms with Gasteiger partial charge in [-0.3, -0.25) is 0 Å². The van der Waals surface area contributed by atoms with Gasteiger partial charge in [0.1, 0.15) is 6.61 Å². The third-order valence-electron chi connectivity index (χ3n) is 5.03. The highest BCUT2D eigenvalue weighted by atomic mass is 16.6. The zero-order valence-electron chi connectivity index (χ0n) is 15.8. The van der Waals surface area contributed by atoms with Crippen molar-refractivity contribution in [3.8, 4) is 6.01 Å². The lowest BCUT2D eigenvalue weighted by molar-refractivity contribution is 0.0837. The number of hydrogen-bond donors (Lipinski definition) is 0. The molecule has 0 aromatic carbocycles. The lowest BCUT2D eigenvalue weighted by Gasteiger charge is -2.33. The molecular weight excluding hydrogens is 330 g/mol. The van der Waals surface area contributed by atoms with Crippen LogP contribution in [0.1, 0.15) is 38.8 Å². The van der Waals surface area contributed by atoms with Crippen LogP contribution in [0, 0.1) is 11.3 Å². The molecule has 1 fully saturated rings. The van der Waals surface area contributed by atoms with E-state index in [0.717, 1.165) is 32.4 Å². The van der Waals surface area contributed by atoms with Crippen molar-refractivity contribution in [3.63, 3.8) is 0 Å². The molecule has 3 rings (SSSR count). The van der Waals surface area contributed by atoms with Gasteiger partial charge in [-0.1, -0.05) is 32.1 Å². The number of allylic oxidation sites excluding steroid dienone is 4. The lowest BCUT2D eigenvalue weighted by atomic mass is 9.79. The first kappa shape index (κ1) is 18.4. The van der Waals surface area contributed by atoms with Gasteiger partial charge in [-0.15, -0.1) is 0 Å². The van der Waals surface area contributed by atoms with E-state index in [1.807, 2.05) is 0 Å². The summed E-state index contributed by atoms with van der Waals surface area (Å²) in [5.41, 5.74) is 2.31. The SMILES string of the molecule is COc1nccc(COC(=O)N2CCC(C3=CCC(C)(C)C=C3)CC2)n1. The van der Waals surface area contributed by atoms with Gasteiger partial charge in [0.05, 0.1) is 12.8 Å². The van der Waals surface area contributed by atoms with Crippen LogP contribution in [0.25, 0.3) is 0 Å². The Morgan fingerprint density at radius 3 is 2.77 bits per heavy atom. The van der Waals surface area contributed by atoms with Crippen LogP contribution in [0.2, 0.25) is 0 Å². The maximum Gasteiger partial charge on any atom is 0.410 e. The molecule has 1 aromatic rings. The molecule has 0 spiro atoms. The van der Waals surface area contributed by atoms with Crippen molar-refractivity contribution in [2.24, 2.45) is 11.3 Å². The van der Waals surface area contributed by atoms with Crippen molar-refractivity contribution in [1.82, 2.24) is 14.9 Å². The van der Waals surface area contributed by atoms with Crippen LogP contribution in [0.5, 0.6) is 6.01 Å². The van der Waals surface area contributed by atoms with Crippen LogP contribution in [0.3, 0.4) is 0 Å². The van der Waals surface area contributed by atoms with Gasteiger partial charge >= 0.3 is 12.1 Å². The van der Waals surface area contributed by atoms with E-state index in [-0.39, 0.29) is 24.1 Å². The highest BCUT2D eigenvalue weighted by molar-refractivity contribution is 5.67. The van der Waals surface area contributed by atoms with Gasteiger partial charge in [0.25, 0.3) is 0 Å². The Hall–Kier alpha value is -2.37. The Bertz CT molecular complexity index is 704. The molecule has 0 saturated carbocycles. The van der Waals surface area contributed by atoms with E-state index in [2.05, 4.69) is 42.0 Å². The quantitative estimate of drug-likeness (QED) is 0.821. The molecule has 26 heavy (non-hydrogen) atoms. The van der Waals surface area contributed by atoms with Crippen LogP contribution in [-0.2, 0) is 11.3 Å². The summed E-state index contributed by atoms with van der Waals surface area (Å²) in [6.45, 7) is 6.09. The minimum Gasteiger partial charge on any atom is -0.467 e. The van der Waals surface area contributed by atoms with Crippen molar-refractivity contribution in [3.05, 3.63) is 41.8 Å². The third kappa shape index (κ3) is 4.62. The second-order valence-electron chi connectivity index (χ2n) is 7.58. The largest absolute Gasteiger partial charge is 0.467 e. The van der Waals surface area contributed by atoms with E-state index in [9.17, 15) is 4.79 Å². The van der Waals surface area contributed by atoms with Gasteiger partial charge in [-0.25, -0.2) is 9.78 Å². The number of amides is 1. The molecule has 1 amide bonds. The van der Waals surface area contributed by atoms with Crippen LogP contribution in [0.4, 0.5) is 4.79 Å². The molecular formula is C20H27N3O3. The van der Waals surface area contributed by atoms with Crippen LogP contribution < -0.4 is 4.74 Å². The zero-order chi connectivity index (χ0) is 18.6. The summed E-state index contributed by atoms with van der Waals surface area (Å²) in [6, 6.07) is 1.99. The van der Waals surface area contributed by atoms with Crippen molar-refractivity contribution in [1.29, 1.82) is 0 Å². The third-order valence-corrected chi connectivity index (χ3v) is 5.03. The van der Waals surface area contributed by atoms with E-state index in [1.54, 1.807) is 17.2 Å². The summed E-state index contributed by atoms with van der Waals surface area (Å²) in [5.74, 6) is 0.539. The van der Waals surface area contributed by atoms with Gasteiger partial charge < -0.3 is 14.4 Å². The van der Waals surface area contributed by atoms with Crippen molar-refractivity contribution >= 4 is 6.09 Å². The summed E-state index contributed by atoms with van der Waals surface area (Å²) in [5, 5.41) is 0. The highest BCUT2D eigenvalue weighted by Crippen LogP contribution is 2.34. The molecule has 6 heteroatoms. The summed E-state index contributed by atoms with van der Waals surface area (Å²) >= 11 is 0. The van der Waals surface area contributed by atoms with Gasteiger partial charge in [-0.2, -0.15) is 4.98 Å². The first-order chi connectivity index (χ1) is 12.5. The predicted molar refractivity (Wildman–Crippen MR) is 98.7 cm³/mol. The maximum absolute atomic E-state index is 12.3. The van der Waals surface area contributed by atoms with Gasteiger partial charge in [0, 0.05) is 19.3 Å². The summed E-state index contributed by atoms with van der Waals surface area (Å²) < 4.78 is 10.4. The van der Waals surface area contributed by atoms with Crippen LogP contribution in [0.15, 0.2) is 36.1 Å². The van der Waals surface area contributed by atoms with E-state index < -0.39 is 0 Å². The molecule has 0 atom stereocenters. The van der Waals surface area contributed by atoms with E-state index in [4.69, 9.17) is 9.47 Å². The van der Waals surface area contributed by atoms with Gasteiger partial charge in [0.2, 0.25) is 0 Å². The van der Waals surface area contributed by atoms with Gasteiger partial charge in [0.15, 0.2) is 0 Å². The molecule has 1 aliphatic carbocycles. The number of piperidine rings is 1.